The molecule has 6 rings (SSSR count). The van der Waals surface area contributed by atoms with Crippen molar-refractivity contribution >= 4 is 58.3 Å². The molecule has 516 valence electrons. The van der Waals surface area contributed by atoms with Crippen LogP contribution in [-0.2, 0) is 52.2 Å². The molecular formula is C68H100N12O14. The van der Waals surface area contributed by atoms with Crippen molar-refractivity contribution in [3.63, 3.8) is 0 Å². The third kappa shape index (κ3) is 26.0. The molecule has 0 aliphatic heterocycles. The molecule has 6 amide bonds. The van der Waals surface area contributed by atoms with E-state index in [-0.39, 0.29) is 107 Å². The number of amides is 6. The second-order valence-electron chi connectivity index (χ2n) is 24.7. The number of aliphatic hydroxyl groups is 2. The lowest BCUT2D eigenvalue weighted by Gasteiger charge is -2.24. The van der Waals surface area contributed by atoms with Gasteiger partial charge in [0.2, 0.25) is 11.8 Å². The van der Waals surface area contributed by atoms with Crippen molar-refractivity contribution in [3.05, 3.63) is 95.1 Å². The predicted molar refractivity (Wildman–Crippen MR) is 357 cm³/mol. The number of aromatic hydroxyl groups is 2. The maximum atomic E-state index is 13.2. The van der Waals surface area contributed by atoms with Crippen LogP contribution in [0.3, 0.4) is 0 Å². The Labute approximate surface area is 551 Å². The van der Waals surface area contributed by atoms with Crippen molar-refractivity contribution in [1.82, 2.24) is 61.1 Å². The molecule has 0 bridgehead atoms. The fraction of sp³-hybridized carbons (Fsp3) is 0.559. The first-order valence-corrected chi connectivity index (χ1v) is 32.8. The Morgan fingerprint density at radius 1 is 0.457 bits per heavy atom. The number of phenolic OH excluding ortho intramolecular Hbond substituents is 2. The van der Waals surface area contributed by atoms with E-state index in [1.165, 1.54) is 19.4 Å². The topological polar surface area (TPSA) is 336 Å². The quantitative estimate of drug-likeness (QED) is 0.0134. The van der Waals surface area contributed by atoms with Crippen LogP contribution in [0.2, 0.25) is 0 Å². The zero-order valence-corrected chi connectivity index (χ0v) is 56.2. The summed E-state index contributed by atoms with van der Waals surface area (Å²) in [5.74, 6) is -0.182. The van der Waals surface area contributed by atoms with Gasteiger partial charge in [-0.25, -0.2) is 19.2 Å². The number of aryl methyl sites for hydroxylation is 2. The fourth-order valence-electron chi connectivity index (χ4n) is 9.92. The number of aromatic nitrogens is 6. The lowest BCUT2D eigenvalue weighted by atomic mass is 9.84. The van der Waals surface area contributed by atoms with Crippen LogP contribution in [0.15, 0.2) is 72.8 Å². The standard InChI is InChI=1S/C38H57N7O9.C30H43N5O5/c1-5-39-35(49)52-23-12-13-24-53-36(50)40-18-10-6-7-11-19-41-37(51)54-25-21-44(20-22-46)33(47)17-16-28-26-29(38(2,3)4)34(48)32(27-28)45-42-30-14-8-9-15-31(30)43-45;1-5-6-7-10-15-31-29(39)40-19-17-34(16-18-36)27(37)14-13-22-20-23(30(2,3)4)28(38)26(21-22)35-32-24-11-8-9-12-25(24)33-35/h8-9,14-15,26-27,46,48H,5-7,10-13,16-25H2,1-4H3,(H,39,49)(H,40,50)(H,41,51);8-9,11-12,20-21,36,38H,5-7,10,13-19H2,1-4H3,(H,31,39). The Balaban J connectivity index is 0.000000356. The average molecular weight is 1310 g/mol. The van der Waals surface area contributed by atoms with Crippen LogP contribution in [0.4, 0.5) is 19.2 Å². The predicted octanol–water partition coefficient (Wildman–Crippen LogP) is 9.20. The maximum absolute atomic E-state index is 13.2. The number of hydrogen-bond acceptors (Lipinski definition) is 18. The summed E-state index contributed by atoms with van der Waals surface area (Å²) in [5, 5.41) is 70.2. The van der Waals surface area contributed by atoms with Gasteiger partial charge in [0, 0.05) is 63.2 Å². The number of ether oxygens (including phenoxy) is 4. The summed E-state index contributed by atoms with van der Waals surface area (Å²) in [5.41, 5.74) is 6.06. The van der Waals surface area contributed by atoms with E-state index in [0.29, 0.717) is 90.9 Å². The third-order valence-corrected chi connectivity index (χ3v) is 15.1. The molecule has 2 heterocycles. The van der Waals surface area contributed by atoms with Gasteiger partial charge in [0.15, 0.2) is 0 Å². The van der Waals surface area contributed by atoms with Crippen LogP contribution in [0, 0.1) is 0 Å². The highest BCUT2D eigenvalue weighted by Gasteiger charge is 2.26. The van der Waals surface area contributed by atoms with Gasteiger partial charge in [-0.1, -0.05) is 117 Å². The number of nitrogens with zero attached hydrogens (tertiary/aromatic N) is 8. The van der Waals surface area contributed by atoms with Gasteiger partial charge < -0.3 is 70.4 Å². The summed E-state index contributed by atoms with van der Waals surface area (Å²) in [6.07, 6.45) is 7.70. The van der Waals surface area contributed by atoms with Crippen LogP contribution in [-0.4, -0.2) is 188 Å². The molecule has 0 radical (unpaired) electrons. The van der Waals surface area contributed by atoms with Gasteiger partial charge >= 0.3 is 24.4 Å². The normalized spacial score (nSPS) is 11.3. The van der Waals surface area contributed by atoms with Gasteiger partial charge in [-0.05, 0) is 110 Å². The minimum atomic E-state index is -0.585. The Kier molecular flexibility index (Phi) is 32.1. The van der Waals surface area contributed by atoms with Crippen LogP contribution in [0.1, 0.15) is 155 Å². The van der Waals surface area contributed by atoms with Crippen LogP contribution < -0.4 is 21.3 Å². The summed E-state index contributed by atoms with van der Waals surface area (Å²) in [6, 6.07) is 22.3. The van der Waals surface area contributed by atoms with Gasteiger partial charge in [0.1, 0.15) is 58.2 Å². The molecule has 0 spiro atoms. The molecule has 2 aromatic heterocycles. The van der Waals surface area contributed by atoms with Crippen molar-refractivity contribution in [2.75, 3.05) is 92.0 Å². The lowest BCUT2D eigenvalue weighted by molar-refractivity contribution is -0.132. The summed E-state index contributed by atoms with van der Waals surface area (Å²) in [6.45, 7) is 18.6. The first-order chi connectivity index (χ1) is 45.1. The van der Waals surface area contributed by atoms with E-state index >= 15 is 0 Å². The van der Waals surface area contributed by atoms with Crippen molar-refractivity contribution < 1.29 is 68.1 Å². The third-order valence-electron chi connectivity index (χ3n) is 15.1. The monoisotopic (exact) mass is 1310 g/mol. The maximum Gasteiger partial charge on any atom is 0.407 e. The molecule has 8 N–H and O–H groups in total. The van der Waals surface area contributed by atoms with Gasteiger partial charge in [0.25, 0.3) is 0 Å². The van der Waals surface area contributed by atoms with E-state index in [0.717, 1.165) is 68.1 Å². The molecule has 26 nitrogen and oxygen atoms in total. The summed E-state index contributed by atoms with van der Waals surface area (Å²) in [4.78, 5) is 79.2. The van der Waals surface area contributed by atoms with E-state index in [2.05, 4.69) is 48.6 Å². The largest absolute Gasteiger partial charge is 0.505 e. The van der Waals surface area contributed by atoms with Crippen LogP contribution >= 0.6 is 0 Å². The Morgan fingerprint density at radius 2 is 0.798 bits per heavy atom. The Hall–Kier alpha value is -8.78. The van der Waals surface area contributed by atoms with E-state index < -0.39 is 29.8 Å². The number of unbranched alkanes of at least 4 members (excludes halogenated alkanes) is 7. The van der Waals surface area contributed by atoms with Crippen LogP contribution in [0.25, 0.3) is 33.4 Å². The molecule has 94 heavy (non-hydrogen) atoms. The Bertz CT molecular complexity index is 3270. The molecule has 4 aromatic carbocycles. The molecular weight excluding hydrogens is 1210 g/mol. The molecule has 0 aliphatic rings. The first-order valence-electron chi connectivity index (χ1n) is 32.8. The van der Waals surface area contributed by atoms with Crippen LogP contribution in [0.5, 0.6) is 11.5 Å². The molecule has 0 saturated carbocycles. The smallest absolute Gasteiger partial charge is 0.407 e. The number of carbonyl (C=O) groups excluding carboxylic acids is 6. The van der Waals surface area contributed by atoms with Gasteiger partial charge in [-0.2, -0.15) is 0 Å². The summed E-state index contributed by atoms with van der Waals surface area (Å²) >= 11 is 0. The molecule has 0 aliphatic carbocycles. The van der Waals surface area contributed by atoms with Crippen molar-refractivity contribution in [1.29, 1.82) is 0 Å². The average Bonchev–Trinajstić information content (AvgIpc) is 1.45. The Morgan fingerprint density at radius 3 is 1.13 bits per heavy atom. The summed E-state index contributed by atoms with van der Waals surface area (Å²) in [7, 11) is 0. The summed E-state index contributed by atoms with van der Waals surface area (Å²) < 4.78 is 20.6. The zero-order valence-electron chi connectivity index (χ0n) is 56.2. The van der Waals surface area contributed by atoms with Crippen molar-refractivity contribution in [3.8, 4) is 22.9 Å². The van der Waals surface area contributed by atoms with E-state index in [1.54, 1.807) is 19.1 Å². The number of rotatable bonds is 36. The molecule has 26 heteroatoms. The molecule has 6 aromatic rings. The number of fused-ring (bicyclic) bond motifs is 2. The van der Waals surface area contributed by atoms with Gasteiger partial charge in [0.05, 0.1) is 39.5 Å². The number of carbonyl (C=O) groups is 6. The second-order valence-corrected chi connectivity index (χ2v) is 24.7. The molecule has 0 fully saturated rings. The first kappa shape index (κ1) is 75.9. The fourth-order valence-corrected chi connectivity index (χ4v) is 9.92. The minimum absolute atomic E-state index is 0.0285. The second kappa shape index (κ2) is 39.7. The highest BCUT2D eigenvalue weighted by molar-refractivity contribution is 5.78. The highest BCUT2D eigenvalue weighted by atomic mass is 16.6. The molecule has 0 atom stereocenters. The van der Waals surface area contributed by atoms with Gasteiger partial charge in [-0.3, -0.25) is 9.59 Å². The van der Waals surface area contributed by atoms with E-state index in [4.69, 9.17) is 18.9 Å². The van der Waals surface area contributed by atoms with E-state index in [9.17, 15) is 49.2 Å². The number of benzene rings is 4. The number of alkyl carbamates (subject to hydrolysis) is 4. The number of phenols is 2. The lowest BCUT2D eigenvalue weighted by Crippen LogP contribution is -2.37. The van der Waals surface area contributed by atoms with Gasteiger partial charge in [-0.15, -0.1) is 30.0 Å². The number of hydrogen-bond donors (Lipinski definition) is 8. The molecule has 0 saturated heterocycles. The van der Waals surface area contributed by atoms with Crippen molar-refractivity contribution in [2.45, 2.75) is 156 Å². The highest BCUT2D eigenvalue weighted by Crippen LogP contribution is 2.38. The van der Waals surface area contributed by atoms with Crippen molar-refractivity contribution in [2.24, 2.45) is 0 Å². The number of aliphatic hydroxyl groups excluding tert-OH is 2. The number of nitrogens with one attached hydrogen (secondary N) is 4. The van der Waals surface area contributed by atoms with E-state index in [1.807, 2.05) is 102 Å². The minimum Gasteiger partial charge on any atom is -0.505 e. The SMILES string of the molecule is CCCCCCNC(=O)OCCN(CCO)C(=O)CCc1cc(-n2nc3ccccc3n2)c(O)c(C(C)(C)C)c1.CCNC(=O)OCCCCOC(=O)NCCCCCCNC(=O)OCCN(CCO)C(=O)CCc1cc(-n2nc3ccccc3n2)c(O)c(C(C)(C)C)c1. The zero-order chi connectivity index (χ0) is 68.5. The molecule has 0 unspecified atom stereocenters.